The number of hydrogen-bond acceptors (Lipinski definition) is 6. The van der Waals surface area contributed by atoms with Crippen molar-refractivity contribution in [3.8, 4) is 0 Å². The van der Waals surface area contributed by atoms with Gasteiger partial charge in [-0.3, -0.25) is 9.78 Å². The summed E-state index contributed by atoms with van der Waals surface area (Å²) in [5.41, 5.74) is 6.66. The van der Waals surface area contributed by atoms with Crippen molar-refractivity contribution < 1.29 is 14.3 Å². The second kappa shape index (κ2) is 6.47. The second-order valence-corrected chi connectivity index (χ2v) is 4.20. The average molecular weight is 286 g/mol. The summed E-state index contributed by atoms with van der Waals surface area (Å²) >= 11 is 0. The average Bonchev–Trinajstić information content (AvgIpc) is 2.53. The molecule has 0 radical (unpaired) electrons. The zero-order chi connectivity index (χ0) is 15.2. The summed E-state index contributed by atoms with van der Waals surface area (Å²) in [7, 11) is 1.34. The van der Waals surface area contributed by atoms with E-state index >= 15 is 0 Å². The summed E-state index contributed by atoms with van der Waals surface area (Å²) in [6, 6.07) is 6.94. The van der Waals surface area contributed by atoms with E-state index in [4.69, 9.17) is 5.73 Å². The van der Waals surface area contributed by atoms with E-state index in [1.54, 1.807) is 24.3 Å². The van der Waals surface area contributed by atoms with Crippen LogP contribution in [0.1, 0.15) is 26.4 Å². The van der Waals surface area contributed by atoms with E-state index in [9.17, 15) is 9.59 Å². The van der Waals surface area contributed by atoms with Gasteiger partial charge >= 0.3 is 5.97 Å². The number of esters is 1. The second-order valence-electron chi connectivity index (χ2n) is 4.20. The van der Waals surface area contributed by atoms with E-state index in [1.165, 1.54) is 19.5 Å². The van der Waals surface area contributed by atoms with Crippen LogP contribution in [0.15, 0.2) is 36.7 Å². The number of methoxy groups -OCH3 is 1. The van der Waals surface area contributed by atoms with Crippen LogP contribution in [-0.4, -0.2) is 29.0 Å². The molecular weight excluding hydrogens is 272 g/mol. The predicted octanol–water partition coefficient (Wildman–Crippen LogP) is 0.974. The molecule has 0 unspecified atom stereocenters. The van der Waals surface area contributed by atoms with Gasteiger partial charge in [0.15, 0.2) is 0 Å². The van der Waals surface area contributed by atoms with Crippen LogP contribution in [0.4, 0.5) is 5.82 Å². The quantitative estimate of drug-likeness (QED) is 0.793. The third kappa shape index (κ3) is 3.75. The van der Waals surface area contributed by atoms with E-state index in [0.29, 0.717) is 17.9 Å². The predicted molar refractivity (Wildman–Crippen MR) is 75.7 cm³/mol. The number of primary amides is 1. The fourth-order valence-corrected chi connectivity index (χ4v) is 1.64. The van der Waals surface area contributed by atoms with Crippen molar-refractivity contribution >= 4 is 17.7 Å². The van der Waals surface area contributed by atoms with E-state index < -0.39 is 5.91 Å². The van der Waals surface area contributed by atoms with Gasteiger partial charge in [-0.05, 0) is 17.7 Å². The van der Waals surface area contributed by atoms with E-state index in [0.717, 1.165) is 5.56 Å². The van der Waals surface area contributed by atoms with Crippen LogP contribution in [-0.2, 0) is 11.3 Å². The molecule has 1 aromatic carbocycles. The van der Waals surface area contributed by atoms with Gasteiger partial charge < -0.3 is 15.8 Å². The molecule has 7 nitrogen and oxygen atoms in total. The molecule has 0 aliphatic rings. The lowest BCUT2D eigenvalue weighted by Gasteiger charge is -2.06. The summed E-state index contributed by atoms with van der Waals surface area (Å²) in [5.74, 6) is -0.563. The maximum atomic E-state index is 11.3. The number of ether oxygens (including phenoxy) is 1. The van der Waals surface area contributed by atoms with Gasteiger partial charge in [-0.15, -0.1) is 0 Å². The lowest BCUT2D eigenvalue weighted by molar-refractivity contribution is 0.0600. The number of aromatic nitrogens is 2. The van der Waals surface area contributed by atoms with Crippen LogP contribution >= 0.6 is 0 Å². The summed E-state index contributed by atoms with van der Waals surface area (Å²) in [4.78, 5) is 30.2. The van der Waals surface area contributed by atoms with Crippen molar-refractivity contribution in [1.82, 2.24) is 9.97 Å². The number of anilines is 1. The van der Waals surface area contributed by atoms with Crippen LogP contribution in [0.5, 0.6) is 0 Å². The Morgan fingerprint density at radius 1 is 1.24 bits per heavy atom. The lowest BCUT2D eigenvalue weighted by atomic mass is 10.1. The normalized spacial score (nSPS) is 9.95. The molecule has 0 atom stereocenters. The van der Waals surface area contributed by atoms with E-state index in [-0.39, 0.29) is 11.7 Å². The minimum absolute atomic E-state index is 0.0982. The van der Waals surface area contributed by atoms with Gasteiger partial charge in [0.25, 0.3) is 5.91 Å². The van der Waals surface area contributed by atoms with Crippen LogP contribution in [0.25, 0.3) is 0 Å². The summed E-state index contributed by atoms with van der Waals surface area (Å²) < 4.78 is 4.62. The molecule has 0 spiro atoms. The SMILES string of the molecule is COC(=O)c1ccc(CNc2cncc(C(N)=O)n2)cc1. The van der Waals surface area contributed by atoms with Crippen molar-refractivity contribution in [2.45, 2.75) is 6.54 Å². The molecule has 1 aromatic heterocycles. The fourth-order valence-electron chi connectivity index (χ4n) is 1.64. The molecule has 2 aromatic rings. The van der Waals surface area contributed by atoms with Gasteiger partial charge in [0, 0.05) is 6.54 Å². The molecule has 0 saturated heterocycles. The van der Waals surface area contributed by atoms with Crippen LogP contribution in [0.2, 0.25) is 0 Å². The minimum Gasteiger partial charge on any atom is -0.465 e. The zero-order valence-corrected chi connectivity index (χ0v) is 11.4. The van der Waals surface area contributed by atoms with Gasteiger partial charge in [-0.25, -0.2) is 9.78 Å². The molecule has 7 heteroatoms. The van der Waals surface area contributed by atoms with Crippen LogP contribution in [0.3, 0.4) is 0 Å². The number of nitrogens with one attached hydrogen (secondary N) is 1. The maximum Gasteiger partial charge on any atom is 0.337 e. The van der Waals surface area contributed by atoms with Crippen LogP contribution in [0, 0.1) is 0 Å². The van der Waals surface area contributed by atoms with Gasteiger partial charge in [-0.2, -0.15) is 0 Å². The number of benzene rings is 1. The Bertz CT molecular complexity index is 656. The van der Waals surface area contributed by atoms with Gasteiger partial charge in [0.05, 0.1) is 25.1 Å². The Labute approximate surface area is 121 Å². The number of hydrogen-bond donors (Lipinski definition) is 2. The molecule has 108 valence electrons. The topological polar surface area (TPSA) is 107 Å². The number of carbonyl (C=O) groups is 2. The third-order valence-corrected chi connectivity index (χ3v) is 2.74. The fraction of sp³-hybridized carbons (Fsp3) is 0.143. The van der Waals surface area contributed by atoms with Gasteiger partial charge in [0.2, 0.25) is 0 Å². The van der Waals surface area contributed by atoms with Gasteiger partial charge in [0.1, 0.15) is 11.5 Å². The number of amides is 1. The Hall–Kier alpha value is -2.96. The van der Waals surface area contributed by atoms with Crippen molar-refractivity contribution in [3.63, 3.8) is 0 Å². The molecule has 21 heavy (non-hydrogen) atoms. The summed E-state index contributed by atoms with van der Waals surface area (Å²) in [6.07, 6.45) is 2.80. The molecule has 0 aliphatic heterocycles. The first-order chi connectivity index (χ1) is 10.1. The Kier molecular flexibility index (Phi) is 4.45. The Balaban J connectivity index is 2.01. The monoisotopic (exact) mass is 286 g/mol. The standard InChI is InChI=1S/C14H14N4O3/c1-21-14(20)10-4-2-9(3-5-10)6-17-12-8-16-7-11(18-12)13(15)19/h2-5,7-8H,6H2,1H3,(H2,15,19)(H,17,18). The van der Waals surface area contributed by atoms with Crippen molar-refractivity contribution in [2.24, 2.45) is 5.73 Å². The summed E-state index contributed by atoms with van der Waals surface area (Å²) in [6.45, 7) is 0.471. The lowest BCUT2D eigenvalue weighted by Crippen LogP contribution is -2.14. The number of nitrogens with zero attached hydrogens (tertiary/aromatic N) is 2. The molecule has 1 heterocycles. The van der Waals surface area contributed by atoms with E-state index in [1.807, 2.05) is 0 Å². The van der Waals surface area contributed by atoms with Crippen LogP contribution < -0.4 is 11.1 Å². The highest BCUT2D eigenvalue weighted by Gasteiger charge is 2.06. The molecule has 0 fully saturated rings. The molecule has 2 rings (SSSR count). The van der Waals surface area contributed by atoms with Gasteiger partial charge in [-0.1, -0.05) is 12.1 Å². The zero-order valence-electron chi connectivity index (χ0n) is 11.4. The number of carbonyl (C=O) groups excluding carboxylic acids is 2. The smallest absolute Gasteiger partial charge is 0.337 e. The number of rotatable bonds is 5. The first kappa shape index (κ1) is 14.4. The Morgan fingerprint density at radius 2 is 1.95 bits per heavy atom. The third-order valence-electron chi connectivity index (χ3n) is 2.74. The molecule has 0 bridgehead atoms. The molecular formula is C14H14N4O3. The highest BCUT2D eigenvalue weighted by molar-refractivity contribution is 5.90. The first-order valence-electron chi connectivity index (χ1n) is 6.13. The largest absolute Gasteiger partial charge is 0.465 e. The molecule has 3 N–H and O–H groups in total. The number of nitrogens with two attached hydrogens (primary N) is 1. The molecule has 1 amide bonds. The summed E-state index contributed by atoms with van der Waals surface area (Å²) in [5, 5.41) is 3.02. The van der Waals surface area contributed by atoms with Crippen molar-refractivity contribution in [1.29, 1.82) is 0 Å². The first-order valence-corrected chi connectivity index (χ1v) is 6.13. The maximum absolute atomic E-state index is 11.3. The highest BCUT2D eigenvalue weighted by atomic mass is 16.5. The van der Waals surface area contributed by atoms with Crippen molar-refractivity contribution in [3.05, 3.63) is 53.5 Å². The Morgan fingerprint density at radius 3 is 2.57 bits per heavy atom. The minimum atomic E-state index is -0.631. The molecule has 0 saturated carbocycles. The molecule has 0 aliphatic carbocycles. The van der Waals surface area contributed by atoms with Crippen molar-refractivity contribution in [2.75, 3.05) is 12.4 Å². The highest BCUT2D eigenvalue weighted by Crippen LogP contribution is 2.08. The van der Waals surface area contributed by atoms with E-state index in [2.05, 4.69) is 20.0 Å².